The number of anilines is 1. The van der Waals surface area contributed by atoms with Gasteiger partial charge in [-0.25, -0.2) is 4.98 Å². The van der Waals surface area contributed by atoms with Crippen LogP contribution in [0.4, 0.5) is 5.82 Å². The Morgan fingerprint density at radius 2 is 1.93 bits per heavy atom. The van der Waals surface area contributed by atoms with Crippen LogP contribution in [0.5, 0.6) is 0 Å². The molecule has 0 radical (unpaired) electrons. The van der Waals surface area contributed by atoms with Gasteiger partial charge in [-0.2, -0.15) is 5.16 Å². The Morgan fingerprint density at radius 3 is 2.57 bits per heavy atom. The SMILES string of the molecule is O=C(CCN1CCN(c2ccccn2)CC1)N1CCC(c2cc(=O)[nH]o2)CC1. The average Bonchev–Trinajstić information content (AvgIpc) is 3.19. The molecule has 0 aliphatic carbocycles. The maximum absolute atomic E-state index is 12.6. The third kappa shape index (κ3) is 4.44. The standard InChI is InChI=1S/C20H27N5O3/c26-19-15-17(28-22-19)16-4-9-25(10-5-16)20(27)6-8-23-11-13-24(14-12-23)18-3-1-2-7-21-18/h1-3,7,15-16H,4-6,8-14H2,(H,22,26). The first-order chi connectivity index (χ1) is 13.7. The molecule has 1 amide bonds. The lowest BCUT2D eigenvalue weighted by molar-refractivity contribution is -0.132. The van der Waals surface area contributed by atoms with E-state index < -0.39 is 0 Å². The molecular formula is C20H27N5O3. The Hall–Kier alpha value is -2.61. The molecule has 8 heteroatoms. The fraction of sp³-hybridized carbons (Fsp3) is 0.550. The van der Waals surface area contributed by atoms with Crippen LogP contribution in [-0.2, 0) is 4.79 Å². The van der Waals surface area contributed by atoms with Crippen LogP contribution in [0, 0.1) is 0 Å². The van der Waals surface area contributed by atoms with Gasteiger partial charge >= 0.3 is 0 Å². The zero-order valence-electron chi connectivity index (χ0n) is 16.0. The number of pyridine rings is 1. The van der Waals surface area contributed by atoms with Crippen molar-refractivity contribution in [3.63, 3.8) is 0 Å². The van der Waals surface area contributed by atoms with Crippen LogP contribution >= 0.6 is 0 Å². The minimum absolute atomic E-state index is 0.198. The van der Waals surface area contributed by atoms with E-state index in [1.165, 1.54) is 6.07 Å². The van der Waals surface area contributed by atoms with E-state index in [1.807, 2.05) is 29.3 Å². The third-order valence-electron chi connectivity index (χ3n) is 5.78. The molecule has 4 heterocycles. The molecule has 2 aliphatic heterocycles. The van der Waals surface area contributed by atoms with Gasteiger partial charge in [0.2, 0.25) is 5.91 Å². The van der Waals surface area contributed by atoms with Crippen molar-refractivity contribution in [2.75, 3.05) is 50.7 Å². The van der Waals surface area contributed by atoms with Crippen LogP contribution < -0.4 is 10.5 Å². The molecule has 2 fully saturated rings. The van der Waals surface area contributed by atoms with E-state index in [-0.39, 0.29) is 17.4 Å². The van der Waals surface area contributed by atoms with Gasteiger partial charge in [-0.3, -0.25) is 14.5 Å². The molecule has 2 saturated heterocycles. The second-order valence-electron chi connectivity index (χ2n) is 7.54. The second-order valence-corrected chi connectivity index (χ2v) is 7.54. The highest BCUT2D eigenvalue weighted by atomic mass is 16.5. The highest BCUT2D eigenvalue weighted by molar-refractivity contribution is 5.76. The molecule has 0 bridgehead atoms. The Balaban J connectivity index is 1.18. The molecule has 1 N–H and O–H groups in total. The molecule has 0 saturated carbocycles. The van der Waals surface area contributed by atoms with Crippen LogP contribution in [0.1, 0.15) is 30.9 Å². The van der Waals surface area contributed by atoms with Crippen molar-refractivity contribution in [3.8, 4) is 0 Å². The predicted molar refractivity (Wildman–Crippen MR) is 105 cm³/mol. The first-order valence-electron chi connectivity index (χ1n) is 10.0. The fourth-order valence-electron chi connectivity index (χ4n) is 4.07. The number of hydrogen-bond acceptors (Lipinski definition) is 6. The number of carbonyl (C=O) groups excluding carboxylic acids is 1. The van der Waals surface area contributed by atoms with Crippen LogP contribution in [0.15, 0.2) is 39.8 Å². The summed E-state index contributed by atoms with van der Waals surface area (Å²) in [7, 11) is 0. The van der Waals surface area contributed by atoms with Gasteiger partial charge in [-0.15, -0.1) is 0 Å². The Kier molecular flexibility index (Phi) is 5.76. The maximum atomic E-state index is 12.6. The number of aromatic amines is 1. The molecular weight excluding hydrogens is 358 g/mol. The highest BCUT2D eigenvalue weighted by Crippen LogP contribution is 2.27. The largest absolute Gasteiger partial charge is 0.383 e. The van der Waals surface area contributed by atoms with E-state index in [2.05, 4.69) is 19.9 Å². The number of H-pyrrole nitrogens is 1. The number of rotatable bonds is 5. The fourth-order valence-corrected chi connectivity index (χ4v) is 4.07. The monoisotopic (exact) mass is 385 g/mol. The van der Waals surface area contributed by atoms with Crippen molar-refractivity contribution in [1.29, 1.82) is 0 Å². The van der Waals surface area contributed by atoms with E-state index in [9.17, 15) is 9.59 Å². The molecule has 0 aromatic carbocycles. The summed E-state index contributed by atoms with van der Waals surface area (Å²) in [5.74, 6) is 2.19. The molecule has 2 aliphatic rings. The van der Waals surface area contributed by atoms with Crippen molar-refractivity contribution in [1.82, 2.24) is 19.9 Å². The molecule has 150 valence electrons. The summed E-state index contributed by atoms with van der Waals surface area (Å²) in [4.78, 5) is 34.8. The summed E-state index contributed by atoms with van der Waals surface area (Å²) >= 11 is 0. The number of hydrogen-bond donors (Lipinski definition) is 1. The van der Waals surface area contributed by atoms with Crippen molar-refractivity contribution in [3.05, 3.63) is 46.6 Å². The molecule has 0 unspecified atom stereocenters. The quantitative estimate of drug-likeness (QED) is 0.835. The van der Waals surface area contributed by atoms with Crippen molar-refractivity contribution >= 4 is 11.7 Å². The number of carbonyl (C=O) groups is 1. The highest BCUT2D eigenvalue weighted by Gasteiger charge is 2.26. The molecule has 4 rings (SSSR count). The first-order valence-corrected chi connectivity index (χ1v) is 10.0. The summed E-state index contributed by atoms with van der Waals surface area (Å²) in [5, 5.41) is 2.35. The van der Waals surface area contributed by atoms with Crippen LogP contribution in [0.2, 0.25) is 0 Å². The molecule has 8 nitrogen and oxygen atoms in total. The number of piperidine rings is 1. The van der Waals surface area contributed by atoms with Crippen LogP contribution in [0.25, 0.3) is 0 Å². The van der Waals surface area contributed by atoms with Gasteiger partial charge in [0.05, 0.1) is 0 Å². The minimum atomic E-state index is -0.198. The average molecular weight is 385 g/mol. The number of likely N-dealkylation sites (tertiary alicyclic amines) is 1. The minimum Gasteiger partial charge on any atom is -0.383 e. The normalized spacial score (nSPS) is 19.1. The number of nitrogens with zero attached hydrogens (tertiary/aromatic N) is 4. The maximum Gasteiger partial charge on any atom is 0.280 e. The molecule has 0 spiro atoms. The van der Waals surface area contributed by atoms with Crippen molar-refractivity contribution in [2.45, 2.75) is 25.2 Å². The zero-order valence-corrected chi connectivity index (χ0v) is 16.0. The van der Waals surface area contributed by atoms with Gasteiger partial charge in [0.15, 0.2) is 0 Å². The third-order valence-corrected chi connectivity index (χ3v) is 5.78. The topological polar surface area (TPSA) is 85.7 Å². The summed E-state index contributed by atoms with van der Waals surface area (Å²) < 4.78 is 5.21. The molecule has 2 aromatic rings. The smallest absolute Gasteiger partial charge is 0.280 e. The van der Waals surface area contributed by atoms with E-state index in [0.717, 1.165) is 64.5 Å². The van der Waals surface area contributed by atoms with Gasteiger partial charge < -0.3 is 14.3 Å². The van der Waals surface area contributed by atoms with Crippen molar-refractivity contribution in [2.24, 2.45) is 0 Å². The lowest BCUT2D eigenvalue weighted by Crippen LogP contribution is -2.48. The number of amides is 1. The Labute approximate surface area is 164 Å². The predicted octanol–water partition coefficient (Wildman–Crippen LogP) is 1.28. The first kappa shape index (κ1) is 18.7. The lowest BCUT2D eigenvalue weighted by Gasteiger charge is -2.36. The van der Waals surface area contributed by atoms with Gasteiger partial charge in [-0.1, -0.05) is 6.07 Å². The van der Waals surface area contributed by atoms with E-state index >= 15 is 0 Å². The summed E-state index contributed by atoms with van der Waals surface area (Å²) in [6.07, 6.45) is 4.07. The molecule has 28 heavy (non-hydrogen) atoms. The molecule has 0 atom stereocenters. The number of aromatic nitrogens is 2. The summed E-state index contributed by atoms with van der Waals surface area (Å²) in [5.41, 5.74) is -0.198. The van der Waals surface area contributed by atoms with Crippen LogP contribution in [-0.4, -0.2) is 71.7 Å². The summed E-state index contributed by atoms with van der Waals surface area (Å²) in [6, 6.07) is 7.51. The second kappa shape index (κ2) is 8.60. The zero-order chi connectivity index (χ0) is 19.3. The summed E-state index contributed by atoms with van der Waals surface area (Å²) in [6.45, 7) is 6.06. The van der Waals surface area contributed by atoms with Gasteiger partial charge in [0.25, 0.3) is 5.56 Å². The van der Waals surface area contributed by atoms with Crippen molar-refractivity contribution < 1.29 is 9.32 Å². The van der Waals surface area contributed by atoms with Gasteiger partial charge in [-0.05, 0) is 25.0 Å². The molecule has 2 aromatic heterocycles. The number of piperazine rings is 1. The lowest BCUT2D eigenvalue weighted by atomic mass is 9.94. The number of nitrogens with one attached hydrogen (secondary N) is 1. The van der Waals surface area contributed by atoms with E-state index in [4.69, 9.17) is 4.52 Å². The van der Waals surface area contributed by atoms with E-state index in [0.29, 0.717) is 12.2 Å². The Morgan fingerprint density at radius 1 is 1.14 bits per heavy atom. The van der Waals surface area contributed by atoms with Gasteiger partial charge in [0, 0.05) is 70.4 Å². The van der Waals surface area contributed by atoms with Crippen LogP contribution in [0.3, 0.4) is 0 Å². The van der Waals surface area contributed by atoms with Gasteiger partial charge in [0.1, 0.15) is 11.6 Å². The van der Waals surface area contributed by atoms with E-state index in [1.54, 1.807) is 0 Å². The Bertz CT molecular complexity index is 818.